The Morgan fingerprint density at radius 2 is 1.65 bits per heavy atom. The summed E-state index contributed by atoms with van der Waals surface area (Å²) in [5, 5.41) is 1.97. The van der Waals surface area contributed by atoms with E-state index in [9.17, 15) is 0 Å². The van der Waals surface area contributed by atoms with Crippen LogP contribution in [-0.4, -0.2) is 60.5 Å². The quantitative estimate of drug-likeness (QED) is 0.759. The lowest BCUT2D eigenvalue weighted by Gasteiger charge is -2.26. The van der Waals surface area contributed by atoms with Crippen LogP contribution in [0.25, 0.3) is 0 Å². The first kappa shape index (κ1) is 11.8. The second kappa shape index (κ2) is 5.60. The molecule has 0 unspecified atom stereocenters. The fourth-order valence-corrected chi connectivity index (χ4v) is 1.39. The number of nitrogens with zero attached hydrogens (tertiary/aromatic N) is 4. The van der Waals surface area contributed by atoms with Crippen LogP contribution in [0.5, 0.6) is 12.0 Å². The molecule has 8 heteroatoms. The minimum Gasteiger partial charge on any atom is -0.467 e. The predicted octanol–water partition coefficient (Wildman–Crippen LogP) is -0.452. The van der Waals surface area contributed by atoms with E-state index in [1.165, 1.54) is 14.2 Å². The van der Waals surface area contributed by atoms with Gasteiger partial charge in [0, 0.05) is 13.1 Å². The zero-order valence-corrected chi connectivity index (χ0v) is 9.84. The molecule has 1 aliphatic heterocycles. The number of ether oxygens (including phenoxy) is 3. The minimum absolute atomic E-state index is 0.215. The zero-order chi connectivity index (χ0) is 12.1. The third kappa shape index (κ3) is 3.14. The number of morpholine rings is 1. The second-order valence-corrected chi connectivity index (χ2v) is 3.34. The van der Waals surface area contributed by atoms with Gasteiger partial charge in [-0.2, -0.15) is 9.97 Å². The molecule has 0 radical (unpaired) electrons. The smallest absolute Gasteiger partial charge is 0.324 e. The van der Waals surface area contributed by atoms with Crippen LogP contribution in [0.15, 0.2) is 0 Å². The number of aromatic nitrogens is 3. The van der Waals surface area contributed by atoms with Gasteiger partial charge < -0.3 is 14.2 Å². The van der Waals surface area contributed by atoms with Crippen LogP contribution in [0.4, 0.5) is 5.95 Å². The molecule has 1 aromatic rings. The van der Waals surface area contributed by atoms with Crippen molar-refractivity contribution in [3.05, 3.63) is 0 Å². The van der Waals surface area contributed by atoms with Gasteiger partial charge in [-0.3, -0.25) is 5.43 Å². The molecule has 94 valence electrons. The Bertz CT molecular complexity index is 347. The maximum absolute atomic E-state index is 5.24. The van der Waals surface area contributed by atoms with Gasteiger partial charge in [-0.15, -0.1) is 4.98 Å². The molecule has 1 saturated heterocycles. The van der Waals surface area contributed by atoms with E-state index in [2.05, 4.69) is 20.4 Å². The van der Waals surface area contributed by atoms with Crippen molar-refractivity contribution in [1.29, 1.82) is 0 Å². The van der Waals surface area contributed by atoms with Gasteiger partial charge in [0.2, 0.25) is 5.95 Å². The van der Waals surface area contributed by atoms with E-state index in [1.807, 2.05) is 5.01 Å². The molecule has 0 amide bonds. The van der Waals surface area contributed by atoms with E-state index >= 15 is 0 Å². The van der Waals surface area contributed by atoms with E-state index in [0.717, 1.165) is 13.1 Å². The number of hydrogen-bond acceptors (Lipinski definition) is 8. The summed E-state index contributed by atoms with van der Waals surface area (Å²) >= 11 is 0. The fraction of sp³-hybridized carbons (Fsp3) is 0.667. The van der Waals surface area contributed by atoms with Gasteiger partial charge in [0.15, 0.2) is 0 Å². The Labute approximate surface area is 98.9 Å². The van der Waals surface area contributed by atoms with Crippen LogP contribution in [0.3, 0.4) is 0 Å². The van der Waals surface area contributed by atoms with Crippen molar-refractivity contribution in [3.8, 4) is 12.0 Å². The van der Waals surface area contributed by atoms with Crippen LogP contribution in [0.1, 0.15) is 0 Å². The molecule has 1 aromatic heterocycles. The van der Waals surface area contributed by atoms with Gasteiger partial charge in [-0.1, -0.05) is 0 Å². The average Bonchev–Trinajstić information content (AvgIpc) is 2.39. The maximum Gasteiger partial charge on any atom is 0.324 e. The topological polar surface area (TPSA) is 81.6 Å². The summed E-state index contributed by atoms with van der Waals surface area (Å²) in [4.78, 5) is 12.1. The summed E-state index contributed by atoms with van der Waals surface area (Å²) in [5.41, 5.74) is 3.06. The lowest BCUT2D eigenvalue weighted by atomic mass is 10.5. The summed E-state index contributed by atoms with van der Waals surface area (Å²) in [6, 6.07) is 0.431. The molecule has 17 heavy (non-hydrogen) atoms. The van der Waals surface area contributed by atoms with E-state index in [-0.39, 0.29) is 12.0 Å². The molecule has 8 nitrogen and oxygen atoms in total. The highest BCUT2D eigenvalue weighted by atomic mass is 16.5. The van der Waals surface area contributed by atoms with Crippen molar-refractivity contribution in [1.82, 2.24) is 20.0 Å². The molecule has 0 bridgehead atoms. The Morgan fingerprint density at radius 1 is 1.06 bits per heavy atom. The predicted molar refractivity (Wildman–Crippen MR) is 58.9 cm³/mol. The minimum atomic E-state index is 0.215. The first-order valence-corrected chi connectivity index (χ1v) is 5.25. The molecule has 0 aromatic carbocycles. The molecule has 0 spiro atoms. The number of nitrogens with one attached hydrogen (secondary N) is 1. The molecule has 2 rings (SSSR count). The van der Waals surface area contributed by atoms with Crippen molar-refractivity contribution in [2.75, 3.05) is 45.9 Å². The van der Waals surface area contributed by atoms with Crippen LogP contribution in [-0.2, 0) is 4.74 Å². The SMILES string of the molecule is COc1nc(NN2CCOCC2)nc(OC)n1. The second-order valence-electron chi connectivity index (χ2n) is 3.34. The molecule has 1 fully saturated rings. The lowest BCUT2D eigenvalue weighted by molar-refractivity contribution is 0.0492. The maximum atomic E-state index is 5.24. The average molecular weight is 241 g/mol. The van der Waals surface area contributed by atoms with Crippen molar-refractivity contribution in [2.45, 2.75) is 0 Å². The Balaban J connectivity index is 2.07. The molecule has 2 heterocycles. The van der Waals surface area contributed by atoms with Gasteiger partial charge in [0.1, 0.15) is 0 Å². The van der Waals surface area contributed by atoms with E-state index < -0.39 is 0 Å². The van der Waals surface area contributed by atoms with Gasteiger partial charge in [0.05, 0.1) is 27.4 Å². The third-order valence-electron chi connectivity index (χ3n) is 2.23. The highest BCUT2D eigenvalue weighted by molar-refractivity contribution is 5.26. The van der Waals surface area contributed by atoms with Gasteiger partial charge in [0.25, 0.3) is 0 Å². The van der Waals surface area contributed by atoms with E-state index in [4.69, 9.17) is 14.2 Å². The highest BCUT2D eigenvalue weighted by Gasteiger charge is 2.13. The first-order chi connectivity index (χ1) is 8.31. The summed E-state index contributed by atoms with van der Waals surface area (Å²) < 4.78 is 15.2. The molecule has 0 aliphatic carbocycles. The monoisotopic (exact) mass is 241 g/mol. The molecule has 1 aliphatic rings. The number of methoxy groups -OCH3 is 2. The third-order valence-corrected chi connectivity index (χ3v) is 2.23. The standard InChI is InChI=1S/C9H15N5O3/c1-15-8-10-7(11-9(12-8)16-2)13-14-3-5-17-6-4-14/h3-6H2,1-2H3,(H,10,11,12,13). The Kier molecular flexibility index (Phi) is 3.89. The summed E-state index contributed by atoms with van der Waals surface area (Å²) in [6.07, 6.45) is 0. The molecule has 0 saturated carbocycles. The fourth-order valence-electron chi connectivity index (χ4n) is 1.39. The normalized spacial score (nSPS) is 16.6. The summed E-state index contributed by atoms with van der Waals surface area (Å²) in [6.45, 7) is 2.92. The molecular weight excluding hydrogens is 226 g/mol. The van der Waals surface area contributed by atoms with Crippen molar-refractivity contribution < 1.29 is 14.2 Å². The van der Waals surface area contributed by atoms with Crippen LogP contribution < -0.4 is 14.9 Å². The highest BCUT2D eigenvalue weighted by Crippen LogP contribution is 2.12. The van der Waals surface area contributed by atoms with Crippen molar-refractivity contribution in [3.63, 3.8) is 0 Å². The van der Waals surface area contributed by atoms with Crippen LogP contribution in [0.2, 0.25) is 0 Å². The molecule has 1 N–H and O–H groups in total. The van der Waals surface area contributed by atoms with Gasteiger partial charge >= 0.3 is 12.0 Å². The number of hydrogen-bond donors (Lipinski definition) is 1. The van der Waals surface area contributed by atoms with E-state index in [1.54, 1.807) is 0 Å². The van der Waals surface area contributed by atoms with Gasteiger partial charge in [-0.25, -0.2) is 5.01 Å². The van der Waals surface area contributed by atoms with Gasteiger partial charge in [-0.05, 0) is 0 Å². The summed E-state index contributed by atoms with van der Waals surface area (Å²) in [5.74, 6) is 0.399. The zero-order valence-electron chi connectivity index (χ0n) is 9.84. The first-order valence-electron chi connectivity index (χ1n) is 5.25. The van der Waals surface area contributed by atoms with Crippen molar-refractivity contribution in [2.24, 2.45) is 0 Å². The Morgan fingerprint density at radius 3 is 2.18 bits per heavy atom. The van der Waals surface area contributed by atoms with Crippen molar-refractivity contribution >= 4 is 5.95 Å². The summed E-state index contributed by atoms with van der Waals surface area (Å²) in [7, 11) is 2.99. The number of hydrazine groups is 1. The Hall–Kier alpha value is -1.67. The van der Waals surface area contributed by atoms with Crippen LogP contribution >= 0.6 is 0 Å². The lowest BCUT2D eigenvalue weighted by Crippen LogP contribution is -2.40. The molecular formula is C9H15N5O3. The van der Waals surface area contributed by atoms with E-state index in [0.29, 0.717) is 19.2 Å². The number of anilines is 1. The number of rotatable bonds is 4. The largest absolute Gasteiger partial charge is 0.467 e. The van der Waals surface area contributed by atoms with Crippen LogP contribution in [0, 0.1) is 0 Å². The molecule has 0 atom stereocenters.